The molecule has 2 saturated carbocycles. The SMILES string of the molecule is C1NC2CC1C2.Cc1nc2c(F)c(-c3cccc(Cl)c3Cl)c(CCC#N)cc2c2[nH]c(C3CCCN3C(=O)C3CC3)cc12.NN/C=C(\N)CN1CCOC1=O. The molecule has 12 nitrogen and oxygen atoms in total. The highest BCUT2D eigenvalue weighted by molar-refractivity contribution is 6.43. The van der Waals surface area contributed by atoms with E-state index in [2.05, 4.69) is 32.8 Å². The second-order valence-corrected chi connectivity index (χ2v) is 15.7. The summed E-state index contributed by atoms with van der Waals surface area (Å²) in [5, 5.41) is 14.8. The first-order valence-electron chi connectivity index (χ1n) is 18.9. The maximum Gasteiger partial charge on any atom is 0.410 e. The lowest BCUT2D eigenvalue weighted by atomic mass is 9.87. The number of benzene rings is 2. The van der Waals surface area contributed by atoms with Crippen molar-refractivity contribution < 1.29 is 18.7 Å². The molecule has 2 bridgehead atoms. The zero-order valence-electron chi connectivity index (χ0n) is 30.8. The van der Waals surface area contributed by atoms with E-state index in [1.54, 1.807) is 18.2 Å². The third kappa shape index (κ3) is 8.19. The maximum atomic E-state index is 16.3. The Bertz CT molecular complexity index is 2160. The van der Waals surface area contributed by atoms with Gasteiger partial charge in [0.2, 0.25) is 5.91 Å². The van der Waals surface area contributed by atoms with Crippen LogP contribution in [-0.4, -0.2) is 70.6 Å². The average Bonchev–Trinajstić information content (AvgIpc) is 3.70. The molecule has 6 fully saturated rings. The van der Waals surface area contributed by atoms with Gasteiger partial charge in [0.25, 0.3) is 0 Å². The number of aryl methyl sites for hydroxylation is 2. The molecule has 0 radical (unpaired) electrons. The topological polar surface area (TPSA) is 178 Å². The predicted molar refractivity (Wildman–Crippen MR) is 211 cm³/mol. The van der Waals surface area contributed by atoms with Crippen LogP contribution in [0, 0.1) is 35.9 Å². The third-order valence-electron chi connectivity index (χ3n) is 11.1. The first-order valence-corrected chi connectivity index (χ1v) is 19.6. The second-order valence-electron chi connectivity index (χ2n) is 14.9. The van der Waals surface area contributed by atoms with Crippen molar-refractivity contribution in [3.8, 4) is 17.2 Å². The highest BCUT2D eigenvalue weighted by Crippen LogP contribution is 2.43. The van der Waals surface area contributed by atoms with E-state index in [1.807, 2.05) is 17.9 Å². The van der Waals surface area contributed by atoms with Gasteiger partial charge in [-0.25, -0.2) is 14.2 Å². The van der Waals surface area contributed by atoms with Gasteiger partial charge >= 0.3 is 6.09 Å². The van der Waals surface area contributed by atoms with Crippen LogP contribution in [-0.2, 0) is 16.0 Å². The number of pyridine rings is 1. The fourth-order valence-electron chi connectivity index (χ4n) is 8.01. The molecule has 290 valence electrons. The predicted octanol–water partition coefficient (Wildman–Crippen LogP) is 6.74. The zero-order chi connectivity index (χ0) is 38.8. The van der Waals surface area contributed by atoms with E-state index in [1.165, 1.54) is 30.5 Å². The first kappa shape index (κ1) is 38.7. The van der Waals surface area contributed by atoms with E-state index in [0.717, 1.165) is 60.8 Å². The molecule has 4 aromatic rings. The van der Waals surface area contributed by atoms with Crippen molar-refractivity contribution in [2.75, 3.05) is 32.8 Å². The Morgan fingerprint density at radius 2 is 2.00 bits per heavy atom. The van der Waals surface area contributed by atoms with Gasteiger partial charge in [-0.1, -0.05) is 35.3 Å². The number of H-pyrrole nitrogens is 1. The summed E-state index contributed by atoms with van der Waals surface area (Å²) in [5.74, 6) is 6.01. The molecule has 1 atom stereocenters. The molecule has 1 unspecified atom stereocenters. The minimum absolute atomic E-state index is 0.0117. The number of likely N-dealkylation sites (tertiary alicyclic amines) is 1. The Labute approximate surface area is 329 Å². The number of nitrogens with zero attached hydrogens (tertiary/aromatic N) is 4. The molecular weight excluding hydrogens is 744 g/mol. The van der Waals surface area contributed by atoms with Gasteiger partial charge in [0.15, 0.2) is 5.82 Å². The van der Waals surface area contributed by atoms with Gasteiger partial charge in [-0.2, -0.15) is 5.26 Å². The van der Waals surface area contributed by atoms with Crippen LogP contribution < -0.4 is 22.3 Å². The van der Waals surface area contributed by atoms with Crippen molar-refractivity contribution >= 4 is 57.0 Å². The lowest BCUT2D eigenvalue weighted by Crippen LogP contribution is -2.31. The van der Waals surface area contributed by atoms with E-state index in [4.69, 9.17) is 39.5 Å². The Morgan fingerprint density at radius 1 is 1.20 bits per heavy atom. The minimum atomic E-state index is -0.484. The largest absolute Gasteiger partial charge is 0.448 e. The van der Waals surface area contributed by atoms with E-state index in [9.17, 15) is 14.9 Å². The number of hydrazine groups is 1. The molecule has 10 rings (SSSR count). The summed E-state index contributed by atoms with van der Waals surface area (Å²) < 4.78 is 21.0. The maximum absolute atomic E-state index is 16.3. The van der Waals surface area contributed by atoms with Crippen molar-refractivity contribution in [3.05, 3.63) is 75.0 Å². The zero-order valence-corrected chi connectivity index (χ0v) is 32.3. The van der Waals surface area contributed by atoms with Crippen LogP contribution in [0.5, 0.6) is 0 Å². The van der Waals surface area contributed by atoms with Crippen molar-refractivity contribution in [3.63, 3.8) is 0 Å². The van der Waals surface area contributed by atoms with Crippen LogP contribution in [0.25, 0.3) is 32.9 Å². The monoisotopic (exact) mass is 789 g/mol. The fraction of sp³-hybridized carbons (Fsp3) is 0.450. The lowest BCUT2D eigenvalue weighted by molar-refractivity contribution is -0.133. The van der Waals surface area contributed by atoms with Crippen molar-refractivity contribution in [2.24, 2.45) is 23.4 Å². The second kappa shape index (κ2) is 16.6. The van der Waals surface area contributed by atoms with Crippen molar-refractivity contribution in [2.45, 2.75) is 70.4 Å². The molecule has 0 spiro atoms. The van der Waals surface area contributed by atoms with Gasteiger partial charge in [-0.15, -0.1) is 0 Å². The average molecular weight is 791 g/mol. The van der Waals surface area contributed by atoms with E-state index in [-0.39, 0.29) is 40.9 Å². The van der Waals surface area contributed by atoms with Crippen molar-refractivity contribution in [1.82, 2.24) is 30.5 Å². The summed E-state index contributed by atoms with van der Waals surface area (Å²) in [4.78, 5) is 35.5. The molecule has 6 aliphatic rings. The number of halogens is 3. The number of hydrogen-bond donors (Lipinski definition) is 5. The number of nitriles is 1. The van der Waals surface area contributed by atoms with Crippen molar-refractivity contribution in [1.29, 1.82) is 5.26 Å². The summed E-state index contributed by atoms with van der Waals surface area (Å²) in [6.45, 7) is 5.31. The normalized spacial score (nSPS) is 21.4. The number of nitrogens with one attached hydrogen (secondary N) is 3. The Morgan fingerprint density at radius 3 is 2.64 bits per heavy atom. The van der Waals surface area contributed by atoms with Crippen LogP contribution in [0.15, 0.2) is 42.2 Å². The number of rotatable bonds is 8. The number of fused-ring (bicyclic) bond motifs is 4. The molecule has 2 aromatic carbocycles. The van der Waals surface area contributed by atoms with Gasteiger partial charge in [0.05, 0.1) is 40.8 Å². The van der Waals surface area contributed by atoms with Crippen LogP contribution in [0.4, 0.5) is 9.18 Å². The molecule has 55 heavy (non-hydrogen) atoms. The number of carbonyl (C=O) groups is 2. The minimum Gasteiger partial charge on any atom is -0.448 e. The number of aromatic amines is 1. The number of carbonyl (C=O) groups excluding carboxylic acids is 2. The fourth-order valence-corrected chi connectivity index (χ4v) is 8.41. The van der Waals surface area contributed by atoms with Crippen LogP contribution in [0.3, 0.4) is 0 Å². The molecule has 2 aliphatic carbocycles. The smallest absolute Gasteiger partial charge is 0.410 e. The van der Waals surface area contributed by atoms with Crippen LogP contribution >= 0.6 is 23.2 Å². The molecule has 6 heterocycles. The first-order chi connectivity index (χ1) is 26.6. The highest BCUT2D eigenvalue weighted by Gasteiger charge is 2.39. The van der Waals surface area contributed by atoms with E-state index in [0.29, 0.717) is 64.6 Å². The number of amides is 2. The summed E-state index contributed by atoms with van der Waals surface area (Å²) in [5.41, 5.74) is 12.5. The molecular formula is C40H46Cl2FN9O3. The highest BCUT2D eigenvalue weighted by atomic mass is 35.5. The lowest BCUT2D eigenvalue weighted by Gasteiger charge is -2.24. The Hall–Kier alpha value is -4.61. The molecule has 7 N–H and O–H groups in total. The van der Waals surface area contributed by atoms with E-state index < -0.39 is 5.82 Å². The number of aromatic nitrogens is 2. The molecule has 4 aliphatic heterocycles. The van der Waals surface area contributed by atoms with Gasteiger partial charge in [-0.05, 0) is 88.1 Å². The number of ether oxygens (including phenoxy) is 1. The molecule has 2 aromatic heterocycles. The van der Waals surface area contributed by atoms with Gasteiger partial charge < -0.3 is 31.1 Å². The summed E-state index contributed by atoms with van der Waals surface area (Å²) >= 11 is 12.8. The molecule has 2 amide bonds. The molecule has 4 saturated heterocycles. The Kier molecular flexibility index (Phi) is 11.7. The number of hydrogen-bond acceptors (Lipinski definition) is 9. The summed E-state index contributed by atoms with van der Waals surface area (Å²) in [6.07, 6.45) is 8.46. The molecule has 15 heteroatoms. The standard InChI is InChI=1S/C29H25Cl2FN4O.C6H12N4O2.C5H9N/c1-15-19-14-22(23-8-4-12-36(23)29(37)16-9-10-16)35-27(19)20-13-17(5-3-11-33)24(26(32)28(20)34-15)18-6-2-7-21(30)25(18)31;7-5(3-9-8)4-10-1-2-12-6(10)11;1-4-2-5(1)6-3-4/h2,6-7,13-14,16,23,35H,3-5,8-10,12H2,1H3;3,9H,1-2,4,7-8H2;4-6H,1-3H2/b;5-3-;. The third-order valence-corrected chi connectivity index (χ3v) is 11.9. The van der Waals surface area contributed by atoms with Crippen LogP contribution in [0.2, 0.25) is 10.0 Å². The quantitative estimate of drug-likeness (QED) is 0.0956. The number of nitrogens with two attached hydrogens (primary N) is 2. The number of cyclic esters (lactones) is 1. The van der Waals surface area contributed by atoms with Crippen LogP contribution in [0.1, 0.15) is 67.9 Å². The Balaban J connectivity index is 0.000000210. The van der Waals surface area contributed by atoms with Gasteiger partial charge in [-0.3, -0.25) is 15.5 Å². The van der Waals surface area contributed by atoms with Gasteiger partial charge in [0, 0.05) is 70.1 Å². The summed E-state index contributed by atoms with van der Waals surface area (Å²) in [6, 6.07) is 12.2. The summed E-state index contributed by atoms with van der Waals surface area (Å²) in [7, 11) is 0. The van der Waals surface area contributed by atoms with E-state index >= 15 is 4.39 Å². The van der Waals surface area contributed by atoms with Gasteiger partial charge in [0.1, 0.15) is 12.1 Å².